The van der Waals surface area contributed by atoms with Crippen LogP contribution < -0.4 is 20.1 Å². The average molecular weight is 456 g/mol. The van der Waals surface area contributed by atoms with Gasteiger partial charge in [-0.2, -0.15) is 0 Å². The predicted molar refractivity (Wildman–Crippen MR) is 122 cm³/mol. The Morgan fingerprint density at radius 3 is 2.81 bits per heavy atom. The molecule has 0 radical (unpaired) electrons. The highest BCUT2D eigenvalue weighted by atomic mass is 32.1. The lowest BCUT2D eigenvalue weighted by Crippen LogP contribution is -2.44. The second kappa shape index (κ2) is 8.06. The molecule has 5 rings (SSSR count). The van der Waals surface area contributed by atoms with Crippen molar-refractivity contribution in [3.05, 3.63) is 34.3 Å². The summed E-state index contributed by atoms with van der Waals surface area (Å²) in [4.78, 5) is 31.5. The number of nitrogens with one attached hydrogen (secondary N) is 2. The Balaban J connectivity index is 1.25. The Morgan fingerprint density at radius 1 is 1.19 bits per heavy atom. The normalized spacial score (nSPS) is 25.3. The summed E-state index contributed by atoms with van der Waals surface area (Å²) in [6, 6.07) is 5.32. The van der Waals surface area contributed by atoms with Gasteiger partial charge >= 0.3 is 0 Å². The number of hydrogen-bond donors (Lipinski definition) is 2. The highest BCUT2D eigenvalue weighted by Crippen LogP contribution is 2.41. The van der Waals surface area contributed by atoms with E-state index in [9.17, 15) is 9.59 Å². The van der Waals surface area contributed by atoms with E-state index < -0.39 is 0 Å². The molecular weight excluding hydrogens is 426 g/mol. The van der Waals surface area contributed by atoms with E-state index in [1.807, 2.05) is 0 Å². The number of ether oxygens (including phenoxy) is 2. The van der Waals surface area contributed by atoms with Gasteiger partial charge in [0.25, 0.3) is 5.91 Å². The van der Waals surface area contributed by atoms with E-state index in [2.05, 4.69) is 36.4 Å². The van der Waals surface area contributed by atoms with Crippen LogP contribution >= 0.6 is 11.3 Å². The highest BCUT2D eigenvalue weighted by Gasteiger charge is 2.37. The maximum atomic E-state index is 13.1. The van der Waals surface area contributed by atoms with Gasteiger partial charge in [0.1, 0.15) is 0 Å². The number of carbonyl (C=O) groups is 2. The minimum absolute atomic E-state index is 0.0672. The van der Waals surface area contributed by atoms with E-state index in [0.29, 0.717) is 28.1 Å². The smallest absolute Gasteiger partial charge is 0.257 e. The second-order valence-electron chi connectivity index (χ2n) is 10.1. The van der Waals surface area contributed by atoms with Crippen LogP contribution in [0.2, 0.25) is 0 Å². The molecule has 170 valence electrons. The van der Waals surface area contributed by atoms with Crippen molar-refractivity contribution in [2.45, 2.75) is 64.8 Å². The third-order valence-electron chi connectivity index (χ3n) is 6.62. The molecule has 0 saturated heterocycles. The topological polar surface area (TPSA) is 89.6 Å². The summed E-state index contributed by atoms with van der Waals surface area (Å²) in [5.41, 5.74) is 1.55. The molecule has 1 aliphatic heterocycles. The number of thiazole rings is 1. The lowest BCUT2D eigenvalue weighted by molar-refractivity contribution is -0.123. The minimum Gasteiger partial charge on any atom is -0.454 e. The summed E-state index contributed by atoms with van der Waals surface area (Å²) < 4.78 is 10.6. The molecule has 3 aliphatic rings. The first-order chi connectivity index (χ1) is 15.3. The van der Waals surface area contributed by atoms with Crippen molar-refractivity contribution in [3.63, 3.8) is 0 Å². The molecule has 1 aromatic carbocycles. The fraction of sp³-hybridized carbons (Fsp3) is 0.542. The van der Waals surface area contributed by atoms with Crippen molar-refractivity contribution in [1.29, 1.82) is 0 Å². The first-order valence-electron chi connectivity index (χ1n) is 11.3. The average Bonchev–Trinajstić information content (AvgIpc) is 3.40. The van der Waals surface area contributed by atoms with E-state index in [-0.39, 0.29) is 36.0 Å². The van der Waals surface area contributed by atoms with Gasteiger partial charge in [0.15, 0.2) is 16.6 Å². The van der Waals surface area contributed by atoms with Crippen LogP contribution in [0.15, 0.2) is 18.2 Å². The number of aromatic nitrogens is 1. The zero-order valence-corrected chi connectivity index (χ0v) is 19.5. The van der Waals surface area contributed by atoms with Gasteiger partial charge in [0.05, 0.1) is 11.6 Å². The van der Waals surface area contributed by atoms with Crippen molar-refractivity contribution < 1.29 is 19.1 Å². The lowest BCUT2D eigenvalue weighted by atomic mass is 9.70. The highest BCUT2D eigenvalue weighted by molar-refractivity contribution is 7.16. The standard InChI is InChI=1S/C24H29N3O4S/c1-13-8-15(11-24(2,3)10-13)25-22(29)16-5-7-19-20(16)26-23(32-19)27-21(28)14-4-6-17-18(9-14)31-12-30-17/h4,6,9,13,15-16H,5,7-8,10-12H2,1-3H3,(H,25,29)(H,26,27,28)/t13-,15+,16+/m0/s1. The molecule has 0 spiro atoms. The van der Waals surface area contributed by atoms with Crippen LogP contribution in [0.3, 0.4) is 0 Å². The number of hydrogen-bond acceptors (Lipinski definition) is 6. The van der Waals surface area contributed by atoms with Crippen LogP contribution in [0.25, 0.3) is 0 Å². The summed E-state index contributed by atoms with van der Waals surface area (Å²) in [6.45, 7) is 7.00. The lowest BCUT2D eigenvalue weighted by Gasteiger charge is -2.39. The maximum Gasteiger partial charge on any atom is 0.257 e. The van der Waals surface area contributed by atoms with Gasteiger partial charge in [-0.25, -0.2) is 4.98 Å². The summed E-state index contributed by atoms with van der Waals surface area (Å²) >= 11 is 1.46. The number of fused-ring (bicyclic) bond motifs is 2. The third-order valence-corrected chi connectivity index (χ3v) is 7.67. The Kier molecular flexibility index (Phi) is 5.35. The second-order valence-corrected chi connectivity index (χ2v) is 11.1. The Bertz CT molecular complexity index is 1060. The molecule has 1 aromatic heterocycles. The fourth-order valence-corrected chi connectivity index (χ4v) is 6.53. The number of benzene rings is 1. The summed E-state index contributed by atoms with van der Waals surface area (Å²) in [5.74, 6) is 1.39. The Morgan fingerprint density at radius 2 is 2.00 bits per heavy atom. The molecule has 2 aromatic rings. The molecule has 0 bridgehead atoms. The molecule has 1 fully saturated rings. The van der Waals surface area contributed by atoms with Crippen LogP contribution in [0.1, 0.15) is 73.3 Å². The summed E-state index contributed by atoms with van der Waals surface area (Å²) in [6.07, 6.45) is 4.84. The van der Waals surface area contributed by atoms with Crippen molar-refractivity contribution in [1.82, 2.24) is 10.3 Å². The molecule has 3 atom stereocenters. The predicted octanol–water partition coefficient (Wildman–Crippen LogP) is 4.48. The van der Waals surface area contributed by atoms with E-state index in [4.69, 9.17) is 9.47 Å². The van der Waals surface area contributed by atoms with Gasteiger partial charge < -0.3 is 14.8 Å². The van der Waals surface area contributed by atoms with E-state index in [1.165, 1.54) is 17.8 Å². The maximum absolute atomic E-state index is 13.1. The molecule has 2 N–H and O–H groups in total. The first kappa shape index (κ1) is 21.2. The Labute approximate surface area is 191 Å². The largest absolute Gasteiger partial charge is 0.454 e. The van der Waals surface area contributed by atoms with Gasteiger partial charge in [-0.15, -0.1) is 11.3 Å². The number of nitrogens with zero attached hydrogens (tertiary/aromatic N) is 1. The van der Waals surface area contributed by atoms with Gasteiger partial charge in [-0.05, 0) is 61.6 Å². The molecule has 7 nitrogen and oxygen atoms in total. The number of rotatable bonds is 4. The third kappa shape index (κ3) is 4.20. The molecule has 8 heteroatoms. The molecule has 2 heterocycles. The van der Waals surface area contributed by atoms with Gasteiger partial charge in [-0.3, -0.25) is 14.9 Å². The number of anilines is 1. The summed E-state index contributed by atoms with van der Waals surface area (Å²) in [5, 5.41) is 6.71. The number of amides is 2. The van der Waals surface area contributed by atoms with Gasteiger partial charge in [0, 0.05) is 16.5 Å². The van der Waals surface area contributed by atoms with Crippen LogP contribution in [-0.2, 0) is 11.2 Å². The van der Waals surface area contributed by atoms with E-state index in [1.54, 1.807) is 18.2 Å². The fourth-order valence-electron chi connectivity index (χ4n) is 5.50. The van der Waals surface area contributed by atoms with Crippen molar-refractivity contribution in [2.24, 2.45) is 11.3 Å². The molecule has 2 amide bonds. The zero-order valence-electron chi connectivity index (χ0n) is 18.7. The number of aryl methyl sites for hydroxylation is 1. The van der Waals surface area contributed by atoms with Crippen LogP contribution in [-0.4, -0.2) is 29.6 Å². The van der Waals surface area contributed by atoms with Gasteiger partial charge in [0.2, 0.25) is 12.7 Å². The van der Waals surface area contributed by atoms with E-state index >= 15 is 0 Å². The van der Waals surface area contributed by atoms with Gasteiger partial charge in [-0.1, -0.05) is 20.8 Å². The summed E-state index contributed by atoms with van der Waals surface area (Å²) in [7, 11) is 0. The molecule has 0 unspecified atom stereocenters. The molecular formula is C24H29N3O4S. The minimum atomic E-state index is -0.254. The Hall–Kier alpha value is -2.61. The van der Waals surface area contributed by atoms with E-state index in [0.717, 1.165) is 36.3 Å². The molecule has 1 saturated carbocycles. The zero-order chi connectivity index (χ0) is 22.5. The van der Waals surface area contributed by atoms with Crippen LogP contribution in [0.4, 0.5) is 5.13 Å². The monoisotopic (exact) mass is 455 g/mol. The first-order valence-corrected chi connectivity index (χ1v) is 12.1. The van der Waals surface area contributed by atoms with Crippen molar-refractivity contribution in [3.8, 4) is 11.5 Å². The SMILES string of the molecule is C[C@H]1C[C@@H](NC(=O)[C@@H]2CCc3sc(NC(=O)c4ccc5c(c4)OCO5)nc32)CC(C)(C)C1. The molecule has 2 aliphatic carbocycles. The number of carbonyl (C=O) groups excluding carboxylic acids is 2. The van der Waals surface area contributed by atoms with Crippen LogP contribution in [0, 0.1) is 11.3 Å². The van der Waals surface area contributed by atoms with Crippen LogP contribution in [0.5, 0.6) is 11.5 Å². The quantitative estimate of drug-likeness (QED) is 0.709. The van der Waals surface area contributed by atoms with Crippen molar-refractivity contribution >= 4 is 28.3 Å². The van der Waals surface area contributed by atoms with Crippen molar-refractivity contribution in [2.75, 3.05) is 12.1 Å². The molecule has 32 heavy (non-hydrogen) atoms.